The predicted octanol–water partition coefficient (Wildman–Crippen LogP) is 5.46. The molecule has 0 bridgehead atoms. The summed E-state index contributed by atoms with van der Waals surface area (Å²) in [6.45, 7) is 3.75. The molecule has 0 radical (unpaired) electrons. The minimum absolute atomic E-state index is 0.216. The Bertz CT molecular complexity index is 1010. The SMILES string of the molecule is Cc1ccccc1C(=O)Nc1ccc(Cl)c(NC(=O)c2ccccc2C)c1. The Kier molecular flexibility index (Phi) is 5.57. The molecule has 0 saturated heterocycles. The predicted molar refractivity (Wildman–Crippen MR) is 110 cm³/mol. The number of halogens is 1. The first-order valence-electron chi connectivity index (χ1n) is 8.49. The van der Waals surface area contributed by atoms with Crippen molar-refractivity contribution in [3.8, 4) is 0 Å². The van der Waals surface area contributed by atoms with Crippen molar-refractivity contribution in [2.45, 2.75) is 13.8 Å². The molecule has 3 aromatic carbocycles. The average molecular weight is 379 g/mol. The van der Waals surface area contributed by atoms with E-state index < -0.39 is 0 Å². The second-order valence-corrected chi connectivity index (χ2v) is 6.64. The van der Waals surface area contributed by atoms with Gasteiger partial charge in [-0.15, -0.1) is 0 Å². The Morgan fingerprint density at radius 2 is 1.26 bits per heavy atom. The molecule has 0 aliphatic heterocycles. The van der Waals surface area contributed by atoms with Crippen LogP contribution in [-0.2, 0) is 0 Å². The summed E-state index contributed by atoms with van der Waals surface area (Å²) < 4.78 is 0. The van der Waals surface area contributed by atoms with Crippen LogP contribution in [0.5, 0.6) is 0 Å². The van der Waals surface area contributed by atoms with Gasteiger partial charge in [0.15, 0.2) is 0 Å². The van der Waals surface area contributed by atoms with E-state index in [-0.39, 0.29) is 11.8 Å². The first-order chi connectivity index (χ1) is 13.0. The molecule has 3 rings (SSSR count). The summed E-state index contributed by atoms with van der Waals surface area (Å²) in [4.78, 5) is 25.0. The Balaban J connectivity index is 1.80. The lowest BCUT2D eigenvalue weighted by Crippen LogP contribution is -2.15. The molecule has 136 valence electrons. The van der Waals surface area contributed by atoms with Gasteiger partial charge in [0.25, 0.3) is 11.8 Å². The molecule has 2 amide bonds. The van der Waals surface area contributed by atoms with Gasteiger partial charge in [-0.1, -0.05) is 48.0 Å². The van der Waals surface area contributed by atoms with Gasteiger partial charge in [0.1, 0.15) is 0 Å². The highest BCUT2D eigenvalue weighted by Gasteiger charge is 2.13. The van der Waals surface area contributed by atoms with Crippen LogP contribution in [0.3, 0.4) is 0 Å². The number of hydrogen-bond donors (Lipinski definition) is 2. The maximum absolute atomic E-state index is 12.5. The molecule has 0 atom stereocenters. The number of carbonyl (C=O) groups is 2. The number of nitrogens with one attached hydrogen (secondary N) is 2. The maximum Gasteiger partial charge on any atom is 0.255 e. The Morgan fingerprint density at radius 1 is 0.741 bits per heavy atom. The van der Waals surface area contributed by atoms with E-state index in [1.54, 1.807) is 30.3 Å². The van der Waals surface area contributed by atoms with Gasteiger partial charge in [0, 0.05) is 16.8 Å². The van der Waals surface area contributed by atoms with Crippen molar-refractivity contribution in [1.82, 2.24) is 0 Å². The molecule has 0 spiro atoms. The molecule has 2 N–H and O–H groups in total. The number of hydrogen-bond acceptors (Lipinski definition) is 2. The molecule has 0 fully saturated rings. The summed E-state index contributed by atoms with van der Waals surface area (Å²) in [6.07, 6.45) is 0. The number of amides is 2. The van der Waals surface area contributed by atoms with Crippen molar-refractivity contribution in [1.29, 1.82) is 0 Å². The third-order valence-electron chi connectivity index (χ3n) is 4.25. The molecular weight excluding hydrogens is 360 g/mol. The summed E-state index contributed by atoms with van der Waals surface area (Å²) in [5.74, 6) is -0.469. The van der Waals surface area contributed by atoms with E-state index in [2.05, 4.69) is 10.6 Å². The van der Waals surface area contributed by atoms with Gasteiger partial charge in [-0.05, 0) is 55.3 Å². The van der Waals surface area contributed by atoms with E-state index in [0.29, 0.717) is 27.5 Å². The average Bonchev–Trinajstić information content (AvgIpc) is 2.65. The third kappa shape index (κ3) is 4.36. The van der Waals surface area contributed by atoms with Gasteiger partial charge < -0.3 is 10.6 Å². The third-order valence-corrected chi connectivity index (χ3v) is 4.58. The van der Waals surface area contributed by atoms with Crippen LogP contribution in [0, 0.1) is 13.8 Å². The molecular formula is C22H19ClN2O2. The standard InChI is InChI=1S/C22H19ClN2O2/c1-14-7-3-5-9-17(14)21(26)24-16-11-12-19(23)20(13-16)25-22(27)18-10-6-4-8-15(18)2/h3-13H,1-2H3,(H,24,26)(H,25,27). The number of benzene rings is 3. The highest BCUT2D eigenvalue weighted by Crippen LogP contribution is 2.27. The van der Waals surface area contributed by atoms with Crippen LogP contribution in [-0.4, -0.2) is 11.8 Å². The maximum atomic E-state index is 12.5. The van der Waals surface area contributed by atoms with Crippen molar-refractivity contribution in [2.75, 3.05) is 10.6 Å². The van der Waals surface area contributed by atoms with Crippen molar-refractivity contribution >= 4 is 34.8 Å². The molecule has 4 nitrogen and oxygen atoms in total. The van der Waals surface area contributed by atoms with E-state index in [0.717, 1.165) is 11.1 Å². The van der Waals surface area contributed by atoms with Gasteiger partial charge in [-0.25, -0.2) is 0 Å². The first-order valence-corrected chi connectivity index (χ1v) is 8.87. The lowest BCUT2D eigenvalue weighted by Gasteiger charge is -2.12. The lowest BCUT2D eigenvalue weighted by atomic mass is 10.1. The molecule has 0 heterocycles. The van der Waals surface area contributed by atoms with Crippen molar-refractivity contribution in [3.63, 3.8) is 0 Å². The monoisotopic (exact) mass is 378 g/mol. The molecule has 0 saturated carbocycles. The van der Waals surface area contributed by atoms with E-state index in [4.69, 9.17) is 11.6 Å². The minimum Gasteiger partial charge on any atom is -0.322 e. The number of anilines is 2. The van der Waals surface area contributed by atoms with E-state index in [1.165, 1.54) is 0 Å². The van der Waals surface area contributed by atoms with Crippen LogP contribution in [0.4, 0.5) is 11.4 Å². The molecule has 3 aromatic rings. The molecule has 0 aliphatic rings. The molecule has 5 heteroatoms. The minimum atomic E-state index is -0.252. The summed E-state index contributed by atoms with van der Waals surface area (Å²) in [5, 5.41) is 6.05. The first kappa shape index (κ1) is 18.7. The fraction of sp³-hybridized carbons (Fsp3) is 0.0909. The zero-order valence-corrected chi connectivity index (χ0v) is 15.8. The van der Waals surface area contributed by atoms with Crippen LogP contribution in [0.1, 0.15) is 31.8 Å². The van der Waals surface area contributed by atoms with E-state index >= 15 is 0 Å². The Hall–Kier alpha value is -3.11. The largest absolute Gasteiger partial charge is 0.322 e. The lowest BCUT2D eigenvalue weighted by molar-refractivity contribution is 0.101. The summed E-state index contributed by atoms with van der Waals surface area (Å²) in [5.41, 5.74) is 3.91. The van der Waals surface area contributed by atoms with Crippen molar-refractivity contribution in [2.24, 2.45) is 0 Å². The fourth-order valence-electron chi connectivity index (χ4n) is 2.74. The zero-order valence-electron chi connectivity index (χ0n) is 15.0. The Morgan fingerprint density at radius 3 is 1.81 bits per heavy atom. The van der Waals surface area contributed by atoms with Gasteiger partial charge in [-0.2, -0.15) is 0 Å². The van der Waals surface area contributed by atoms with E-state index in [1.807, 2.05) is 50.2 Å². The zero-order chi connectivity index (χ0) is 19.4. The van der Waals surface area contributed by atoms with Crippen molar-refractivity contribution < 1.29 is 9.59 Å². The van der Waals surface area contributed by atoms with Crippen LogP contribution < -0.4 is 10.6 Å². The summed E-state index contributed by atoms with van der Waals surface area (Å²) in [6, 6.07) is 19.6. The molecule has 0 aromatic heterocycles. The van der Waals surface area contributed by atoms with Crippen LogP contribution in [0.15, 0.2) is 66.7 Å². The molecule has 27 heavy (non-hydrogen) atoms. The summed E-state index contributed by atoms with van der Waals surface area (Å²) >= 11 is 6.22. The summed E-state index contributed by atoms with van der Waals surface area (Å²) in [7, 11) is 0. The van der Waals surface area contributed by atoms with Crippen LogP contribution in [0.2, 0.25) is 5.02 Å². The van der Waals surface area contributed by atoms with E-state index in [9.17, 15) is 9.59 Å². The number of rotatable bonds is 4. The highest BCUT2D eigenvalue weighted by molar-refractivity contribution is 6.34. The van der Waals surface area contributed by atoms with Crippen LogP contribution in [0.25, 0.3) is 0 Å². The number of carbonyl (C=O) groups excluding carboxylic acids is 2. The van der Waals surface area contributed by atoms with Gasteiger partial charge in [0.05, 0.1) is 10.7 Å². The quantitative estimate of drug-likeness (QED) is 0.633. The van der Waals surface area contributed by atoms with Gasteiger partial charge in [-0.3, -0.25) is 9.59 Å². The topological polar surface area (TPSA) is 58.2 Å². The fourth-order valence-corrected chi connectivity index (χ4v) is 2.91. The Labute approximate surface area is 163 Å². The van der Waals surface area contributed by atoms with Gasteiger partial charge in [0.2, 0.25) is 0 Å². The van der Waals surface area contributed by atoms with Gasteiger partial charge >= 0.3 is 0 Å². The highest BCUT2D eigenvalue weighted by atomic mass is 35.5. The molecule has 0 aliphatic carbocycles. The second-order valence-electron chi connectivity index (χ2n) is 6.23. The molecule has 0 unspecified atom stereocenters. The normalized spacial score (nSPS) is 10.3. The smallest absolute Gasteiger partial charge is 0.255 e. The van der Waals surface area contributed by atoms with Crippen molar-refractivity contribution in [3.05, 3.63) is 94.0 Å². The van der Waals surface area contributed by atoms with Crippen LogP contribution >= 0.6 is 11.6 Å². The number of aryl methyl sites for hydroxylation is 2. The second kappa shape index (κ2) is 8.06.